The Kier molecular flexibility index (Phi) is 5.55. The highest BCUT2D eigenvalue weighted by molar-refractivity contribution is 5.76. The van der Waals surface area contributed by atoms with E-state index in [0.717, 1.165) is 11.1 Å². The molecule has 0 spiro atoms. The van der Waals surface area contributed by atoms with Gasteiger partial charge in [0, 0.05) is 13.0 Å². The molecule has 0 saturated carbocycles. The maximum absolute atomic E-state index is 11.9. The van der Waals surface area contributed by atoms with E-state index in [9.17, 15) is 4.79 Å². The number of hydrogen-bond acceptors (Lipinski definition) is 2. The van der Waals surface area contributed by atoms with Gasteiger partial charge in [-0.25, -0.2) is 0 Å². The number of carbonyl (C=O) groups is 1. The maximum atomic E-state index is 11.9. The number of aliphatic hydroxyl groups is 1. The van der Waals surface area contributed by atoms with Crippen molar-refractivity contribution in [3.63, 3.8) is 0 Å². The predicted molar refractivity (Wildman–Crippen MR) is 77.4 cm³/mol. The van der Waals surface area contributed by atoms with Crippen LogP contribution in [0.25, 0.3) is 0 Å². The Morgan fingerprint density at radius 3 is 2.53 bits per heavy atom. The molecule has 0 heterocycles. The van der Waals surface area contributed by atoms with E-state index in [0.29, 0.717) is 18.9 Å². The van der Waals surface area contributed by atoms with Gasteiger partial charge in [-0.05, 0) is 22.5 Å². The second kappa shape index (κ2) is 6.71. The van der Waals surface area contributed by atoms with Gasteiger partial charge in [0.05, 0.1) is 6.61 Å². The van der Waals surface area contributed by atoms with Crippen LogP contribution in [0.5, 0.6) is 0 Å². The Balaban J connectivity index is 2.46. The molecule has 0 aliphatic rings. The van der Waals surface area contributed by atoms with Crippen LogP contribution in [0.1, 0.15) is 45.2 Å². The summed E-state index contributed by atoms with van der Waals surface area (Å²) in [4.78, 5) is 11.9. The van der Waals surface area contributed by atoms with Crippen LogP contribution in [0, 0.1) is 11.3 Å². The smallest absolute Gasteiger partial charge is 0.220 e. The van der Waals surface area contributed by atoms with Crippen molar-refractivity contribution in [1.82, 2.24) is 5.32 Å². The molecule has 19 heavy (non-hydrogen) atoms. The minimum absolute atomic E-state index is 0.0306. The number of aliphatic hydroxyl groups excluding tert-OH is 1. The Morgan fingerprint density at radius 1 is 1.32 bits per heavy atom. The van der Waals surface area contributed by atoms with Gasteiger partial charge in [-0.15, -0.1) is 0 Å². The second-order valence-electron chi connectivity index (χ2n) is 6.23. The molecule has 0 aliphatic carbocycles. The molecule has 1 aromatic rings. The molecular weight excluding hydrogens is 238 g/mol. The Labute approximate surface area is 116 Å². The van der Waals surface area contributed by atoms with Crippen molar-refractivity contribution < 1.29 is 9.90 Å². The number of amides is 1. The van der Waals surface area contributed by atoms with E-state index >= 15 is 0 Å². The quantitative estimate of drug-likeness (QED) is 0.858. The summed E-state index contributed by atoms with van der Waals surface area (Å²) in [7, 11) is 0. The minimum atomic E-state index is 0.0306. The van der Waals surface area contributed by atoms with Crippen molar-refractivity contribution in [2.24, 2.45) is 11.3 Å². The average molecular weight is 263 g/mol. The Morgan fingerprint density at radius 2 is 1.95 bits per heavy atom. The number of rotatable bonds is 5. The van der Waals surface area contributed by atoms with Crippen molar-refractivity contribution in [3.8, 4) is 0 Å². The summed E-state index contributed by atoms with van der Waals surface area (Å²) in [6.45, 7) is 9.10. The van der Waals surface area contributed by atoms with Crippen molar-refractivity contribution in [3.05, 3.63) is 35.4 Å². The first-order valence-electron chi connectivity index (χ1n) is 6.78. The first-order valence-corrected chi connectivity index (χ1v) is 6.78. The van der Waals surface area contributed by atoms with Gasteiger partial charge in [0.25, 0.3) is 0 Å². The SMILES string of the molecule is CC(CC(=O)NCc1cccc(CO)c1)C(C)(C)C. The lowest BCUT2D eigenvalue weighted by Gasteiger charge is -2.26. The minimum Gasteiger partial charge on any atom is -0.392 e. The van der Waals surface area contributed by atoms with Crippen LogP contribution >= 0.6 is 0 Å². The summed E-state index contributed by atoms with van der Waals surface area (Å²) >= 11 is 0. The molecule has 1 unspecified atom stereocenters. The van der Waals surface area contributed by atoms with E-state index in [2.05, 4.69) is 33.0 Å². The molecule has 106 valence electrons. The van der Waals surface area contributed by atoms with Gasteiger partial charge in [-0.1, -0.05) is 52.0 Å². The predicted octanol–water partition coefficient (Wildman–Crippen LogP) is 2.87. The lowest BCUT2D eigenvalue weighted by Crippen LogP contribution is -2.28. The molecule has 0 fully saturated rings. The van der Waals surface area contributed by atoms with E-state index in [-0.39, 0.29) is 17.9 Å². The summed E-state index contributed by atoms with van der Waals surface area (Å²) in [5, 5.41) is 12.0. The van der Waals surface area contributed by atoms with Crippen LogP contribution in [0.4, 0.5) is 0 Å². The van der Waals surface area contributed by atoms with Crippen LogP contribution in [0.2, 0.25) is 0 Å². The second-order valence-corrected chi connectivity index (χ2v) is 6.23. The average Bonchev–Trinajstić information content (AvgIpc) is 2.35. The highest BCUT2D eigenvalue weighted by Gasteiger charge is 2.22. The summed E-state index contributed by atoms with van der Waals surface area (Å²) in [5.74, 6) is 0.424. The number of nitrogens with one attached hydrogen (secondary N) is 1. The lowest BCUT2D eigenvalue weighted by molar-refractivity contribution is -0.122. The molecular formula is C16H25NO2. The summed E-state index contributed by atoms with van der Waals surface area (Å²) in [6.07, 6.45) is 0.545. The zero-order chi connectivity index (χ0) is 14.5. The van der Waals surface area contributed by atoms with Crippen LogP contribution in [0.15, 0.2) is 24.3 Å². The van der Waals surface area contributed by atoms with Crippen molar-refractivity contribution in [2.45, 2.75) is 47.3 Å². The molecule has 1 atom stereocenters. The van der Waals surface area contributed by atoms with Gasteiger partial charge in [0.1, 0.15) is 0 Å². The molecule has 1 amide bonds. The first kappa shape index (κ1) is 15.7. The summed E-state index contributed by atoms with van der Waals surface area (Å²) in [5.41, 5.74) is 2.03. The van der Waals surface area contributed by atoms with E-state index in [1.807, 2.05) is 24.3 Å². The summed E-state index contributed by atoms with van der Waals surface area (Å²) < 4.78 is 0. The Bertz CT molecular complexity index is 421. The lowest BCUT2D eigenvalue weighted by atomic mass is 9.80. The molecule has 3 heteroatoms. The van der Waals surface area contributed by atoms with Crippen LogP contribution < -0.4 is 5.32 Å². The standard InChI is InChI=1S/C16H25NO2/c1-12(16(2,3)4)8-15(19)17-10-13-6-5-7-14(9-13)11-18/h5-7,9,12,18H,8,10-11H2,1-4H3,(H,17,19). The number of benzene rings is 1. The van der Waals surface area contributed by atoms with Crippen LogP contribution in [-0.4, -0.2) is 11.0 Å². The van der Waals surface area contributed by atoms with Gasteiger partial charge in [-0.2, -0.15) is 0 Å². The van der Waals surface area contributed by atoms with Crippen molar-refractivity contribution >= 4 is 5.91 Å². The fourth-order valence-corrected chi connectivity index (χ4v) is 1.70. The van der Waals surface area contributed by atoms with Crippen molar-refractivity contribution in [1.29, 1.82) is 0 Å². The zero-order valence-electron chi connectivity index (χ0n) is 12.4. The topological polar surface area (TPSA) is 49.3 Å². The van der Waals surface area contributed by atoms with Crippen LogP contribution in [0.3, 0.4) is 0 Å². The molecule has 3 nitrogen and oxygen atoms in total. The molecule has 1 aromatic carbocycles. The number of hydrogen-bond donors (Lipinski definition) is 2. The molecule has 1 rings (SSSR count). The monoisotopic (exact) mass is 263 g/mol. The molecule has 0 bridgehead atoms. The maximum Gasteiger partial charge on any atom is 0.220 e. The molecule has 0 aromatic heterocycles. The first-order chi connectivity index (χ1) is 8.82. The highest BCUT2D eigenvalue weighted by Crippen LogP contribution is 2.27. The zero-order valence-corrected chi connectivity index (χ0v) is 12.4. The van der Waals surface area contributed by atoms with E-state index in [4.69, 9.17) is 5.11 Å². The normalized spacial score (nSPS) is 13.1. The summed E-state index contributed by atoms with van der Waals surface area (Å²) in [6, 6.07) is 7.62. The molecule has 0 saturated heterocycles. The third-order valence-electron chi connectivity index (χ3n) is 3.63. The van der Waals surface area contributed by atoms with Gasteiger partial charge >= 0.3 is 0 Å². The fraction of sp³-hybridized carbons (Fsp3) is 0.562. The van der Waals surface area contributed by atoms with Crippen LogP contribution in [-0.2, 0) is 17.9 Å². The number of carbonyl (C=O) groups excluding carboxylic acids is 1. The van der Waals surface area contributed by atoms with Gasteiger partial charge in [0.2, 0.25) is 5.91 Å². The fourth-order valence-electron chi connectivity index (χ4n) is 1.70. The molecule has 0 radical (unpaired) electrons. The largest absolute Gasteiger partial charge is 0.392 e. The third-order valence-corrected chi connectivity index (χ3v) is 3.63. The van der Waals surface area contributed by atoms with E-state index in [1.165, 1.54) is 0 Å². The molecule has 0 aliphatic heterocycles. The van der Waals surface area contributed by atoms with E-state index in [1.54, 1.807) is 0 Å². The van der Waals surface area contributed by atoms with Gasteiger partial charge in [0.15, 0.2) is 0 Å². The van der Waals surface area contributed by atoms with Gasteiger partial charge < -0.3 is 10.4 Å². The molecule has 2 N–H and O–H groups in total. The van der Waals surface area contributed by atoms with E-state index < -0.39 is 0 Å². The van der Waals surface area contributed by atoms with Crippen molar-refractivity contribution in [2.75, 3.05) is 0 Å². The third kappa shape index (κ3) is 5.43. The Hall–Kier alpha value is -1.35. The highest BCUT2D eigenvalue weighted by atomic mass is 16.3. The van der Waals surface area contributed by atoms with Gasteiger partial charge in [-0.3, -0.25) is 4.79 Å².